The number of nitrogens with zero attached hydrogens (tertiary/aromatic N) is 3. The maximum Gasteiger partial charge on any atom is 0.360 e. The van der Waals surface area contributed by atoms with Crippen molar-refractivity contribution in [3.05, 3.63) is 11.9 Å². The minimum atomic E-state index is -0.535. The maximum atomic E-state index is 11.4. The van der Waals surface area contributed by atoms with E-state index >= 15 is 0 Å². The highest BCUT2D eigenvalue weighted by atomic mass is 16.5. The van der Waals surface area contributed by atoms with E-state index < -0.39 is 5.97 Å². The summed E-state index contributed by atoms with van der Waals surface area (Å²) in [6.45, 7) is 4.63. The van der Waals surface area contributed by atoms with Crippen LogP contribution in [0.1, 0.15) is 30.8 Å². The van der Waals surface area contributed by atoms with Crippen molar-refractivity contribution >= 4 is 11.9 Å². The zero-order chi connectivity index (χ0) is 12.7. The molecule has 0 saturated heterocycles. The van der Waals surface area contributed by atoms with Crippen LogP contribution in [0.4, 0.5) is 0 Å². The van der Waals surface area contributed by atoms with Gasteiger partial charge in [0.05, 0.1) is 12.8 Å². The van der Waals surface area contributed by atoms with Gasteiger partial charge in [0, 0.05) is 6.54 Å². The molecule has 7 nitrogen and oxygen atoms in total. The molecule has 0 aliphatic rings. The SMILES string of the molecule is CCCNC(=O)Cn1cc(C(=O)OCC)nn1. The minimum Gasteiger partial charge on any atom is -0.461 e. The molecule has 0 fully saturated rings. The van der Waals surface area contributed by atoms with Gasteiger partial charge in [-0.05, 0) is 13.3 Å². The third kappa shape index (κ3) is 4.21. The van der Waals surface area contributed by atoms with Crippen molar-refractivity contribution in [2.24, 2.45) is 0 Å². The van der Waals surface area contributed by atoms with Crippen molar-refractivity contribution in [3.8, 4) is 0 Å². The number of carbonyl (C=O) groups is 2. The second-order valence-corrected chi connectivity index (χ2v) is 3.37. The van der Waals surface area contributed by atoms with Crippen LogP contribution >= 0.6 is 0 Å². The lowest BCUT2D eigenvalue weighted by Crippen LogP contribution is -2.28. The fraction of sp³-hybridized carbons (Fsp3) is 0.600. The zero-order valence-electron chi connectivity index (χ0n) is 9.97. The van der Waals surface area contributed by atoms with Crippen LogP contribution in [0.3, 0.4) is 0 Å². The highest BCUT2D eigenvalue weighted by Crippen LogP contribution is 1.96. The quantitative estimate of drug-likeness (QED) is 0.706. The lowest BCUT2D eigenvalue weighted by atomic mass is 10.4. The summed E-state index contributed by atoms with van der Waals surface area (Å²) in [5, 5.41) is 10.00. The fourth-order valence-electron chi connectivity index (χ4n) is 1.14. The number of ether oxygens (including phenoxy) is 1. The summed E-state index contributed by atoms with van der Waals surface area (Å²) in [7, 11) is 0. The van der Waals surface area contributed by atoms with Gasteiger partial charge >= 0.3 is 5.97 Å². The van der Waals surface area contributed by atoms with Gasteiger partial charge in [0.15, 0.2) is 5.69 Å². The largest absolute Gasteiger partial charge is 0.461 e. The number of aromatic nitrogens is 3. The van der Waals surface area contributed by atoms with Crippen molar-refractivity contribution in [2.75, 3.05) is 13.2 Å². The molecule has 0 spiro atoms. The lowest BCUT2D eigenvalue weighted by molar-refractivity contribution is -0.121. The highest BCUT2D eigenvalue weighted by Gasteiger charge is 2.12. The minimum absolute atomic E-state index is 0.0480. The molecule has 1 aromatic rings. The number of esters is 1. The predicted molar refractivity (Wildman–Crippen MR) is 59.3 cm³/mol. The molecule has 1 aromatic heterocycles. The normalized spacial score (nSPS) is 10.0. The van der Waals surface area contributed by atoms with Gasteiger partial charge in [0.25, 0.3) is 0 Å². The van der Waals surface area contributed by atoms with E-state index in [0.717, 1.165) is 6.42 Å². The van der Waals surface area contributed by atoms with Crippen LogP contribution in [0.15, 0.2) is 6.20 Å². The monoisotopic (exact) mass is 240 g/mol. The summed E-state index contributed by atoms with van der Waals surface area (Å²) >= 11 is 0. The van der Waals surface area contributed by atoms with Gasteiger partial charge in [-0.2, -0.15) is 0 Å². The number of nitrogens with one attached hydrogen (secondary N) is 1. The van der Waals surface area contributed by atoms with Gasteiger partial charge in [-0.3, -0.25) is 4.79 Å². The van der Waals surface area contributed by atoms with Crippen LogP contribution in [0.2, 0.25) is 0 Å². The molecule has 7 heteroatoms. The lowest BCUT2D eigenvalue weighted by Gasteiger charge is -2.01. The van der Waals surface area contributed by atoms with Crippen LogP contribution in [0.25, 0.3) is 0 Å². The van der Waals surface area contributed by atoms with Crippen molar-refractivity contribution in [3.63, 3.8) is 0 Å². The van der Waals surface area contributed by atoms with Gasteiger partial charge in [0.2, 0.25) is 5.91 Å². The van der Waals surface area contributed by atoms with Crippen molar-refractivity contribution in [2.45, 2.75) is 26.8 Å². The Morgan fingerprint density at radius 1 is 1.47 bits per heavy atom. The van der Waals surface area contributed by atoms with Crippen LogP contribution in [0, 0.1) is 0 Å². The molecule has 1 N–H and O–H groups in total. The molecule has 1 amide bonds. The molecule has 1 heterocycles. The molecular formula is C10H16N4O3. The summed E-state index contributed by atoms with van der Waals surface area (Å²) in [5.74, 6) is -0.695. The predicted octanol–water partition coefficient (Wildman–Crippen LogP) is -0.0190. The first-order chi connectivity index (χ1) is 8.17. The molecule has 0 bridgehead atoms. The molecule has 0 aliphatic carbocycles. The van der Waals surface area contributed by atoms with Gasteiger partial charge < -0.3 is 10.1 Å². The van der Waals surface area contributed by atoms with Gasteiger partial charge in [-0.25, -0.2) is 9.48 Å². The van der Waals surface area contributed by atoms with Gasteiger partial charge in [0.1, 0.15) is 6.54 Å². The zero-order valence-corrected chi connectivity index (χ0v) is 9.97. The van der Waals surface area contributed by atoms with E-state index in [-0.39, 0.29) is 24.8 Å². The first kappa shape index (κ1) is 13.1. The first-order valence-corrected chi connectivity index (χ1v) is 5.51. The number of hydrogen-bond donors (Lipinski definition) is 1. The number of amides is 1. The number of rotatable bonds is 6. The van der Waals surface area contributed by atoms with E-state index in [2.05, 4.69) is 15.6 Å². The van der Waals surface area contributed by atoms with Crippen LogP contribution in [0.5, 0.6) is 0 Å². The van der Waals surface area contributed by atoms with Crippen LogP contribution in [-0.4, -0.2) is 40.0 Å². The first-order valence-electron chi connectivity index (χ1n) is 5.51. The Kier molecular flexibility index (Phi) is 5.12. The molecule has 0 unspecified atom stereocenters. The highest BCUT2D eigenvalue weighted by molar-refractivity contribution is 5.86. The van der Waals surface area contributed by atoms with Gasteiger partial charge in [-0.15, -0.1) is 5.10 Å². The molecule has 94 valence electrons. The van der Waals surface area contributed by atoms with E-state index in [9.17, 15) is 9.59 Å². The molecule has 0 aromatic carbocycles. The molecule has 0 radical (unpaired) electrons. The molecule has 0 aliphatic heterocycles. The summed E-state index contributed by atoms with van der Waals surface area (Å²) < 4.78 is 6.06. The van der Waals surface area contributed by atoms with E-state index in [1.807, 2.05) is 6.92 Å². The topological polar surface area (TPSA) is 86.1 Å². The third-order valence-corrected chi connectivity index (χ3v) is 1.90. The van der Waals surface area contributed by atoms with Crippen molar-refractivity contribution in [1.82, 2.24) is 20.3 Å². The number of hydrogen-bond acceptors (Lipinski definition) is 5. The van der Waals surface area contributed by atoms with Crippen molar-refractivity contribution < 1.29 is 14.3 Å². The van der Waals surface area contributed by atoms with Crippen molar-refractivity contribution in [1.29, 1.82) is 0 Å². The standard InChI is InChI=1S/C10H16N4O3/c1-3-5-11-9(15)7-14-6-8(12-13-14)10(16)17-4-2/h6H,3-5,7H2,1-2H3,(H,11,15). The smallest absolute Gasteiger partial charge is 0.360 e. The van der Waals surface area contributed by atoms with E-state index in [0.29, 0.717) is 6.54 Å². The van der Waals surface area contributed by atoms with Crippen LogP contribution in [-0.2, 0) is 16.1 Å². The second kappa shape index (κ2) is 6.62. The summed E-state index contributed by atoms with van der Waals surface area (Å²) in [4.78, 5) is 22.6. The third-order valence-electron chi connectivity index (χ3n) is 1.90. The Morgan fingerprint density at radius 3 is 2.88 bits per heavy atom. The van der Waals surface area contributed by atoms with E-state index in [4.69, 9.17) is 4.74 Å². The molecule has 17 heavy (non-hydrogen) atoms. The van der Waals surface area contributed by atoms with Crippen LogP contribution < -0.4 is 5.32 Å². The average molecular weight is 240 g/mol. The molecular weight excluding hydrogens is 224 g/mol. The Bertz CT molecular complexity index is 389. The average Bonchev–Trinajstić information content (AvgIpc) is 2.75. The Morgan fingerprint density at radius 2 is 2.24 bits per heavy atom. The van der Waals surface area contributed by atoms with Gasteiger partial charge in [-0.1, -0.05) is 12.1 Å². The van der Waals surface area contributed by atoms with E-state index in [1.165, 1.54) is 10.9 Å². The van der Waals surface area contributed by atoms with E-state index in [1.54, 1.807) is 6.92 Å². The molecule has 0 atom stereocenters. The second-order valence-electron chi connectivity index (χ2n) is 3.37. The summed E-state index contributed by atoms with van der Waals surface area (Å²) in [5.41, 5.74) is 0.107. The Labute approximate surface area is 99.1 Å². The Hall–Kier alpha value is -1.92. The maximum absolute atomic E-state index is 11.4. The fourth-order valence-corrected chi connectivity index (χ4v) is 1.14. The summed E-state index contributed by atoms with van der Waals surface area (Å²) in [6.07, 6.45) is 2.26. The number of carbonyl (C=O) groups excluding carboxylic acids is 2. The summed E-state index contributed by atoms with van der Waals surface area (Å²) in [6, 6.07) is 0. The molecule has 1 rings (SSSR count). The molecule has 0 saturated carbocycles. The Balaban J connectivity index is 2.50.